The first-order valence-electron chi connectivity index (χ1n) is 10.4. The van der Waals surface area contributed by atoms with E-state index < -0.39 is 0 Å². The second-order valence-corrected chi connectivity index (χ2v) is 7.90. The Labute approximate surface area is 176 Å². The molecule has 0 bridgehead atoms. The number of aryl methyl sites for hydroxylation is 1. The quantitative estimate of drug-likeness (QED) is 0.449. The zero-order chi connectivity index (χ0) is 20.5. The summed E-state index contributed by atoms with van der Waals surface area (Å²) in [4.78, 5) is 18.9. The molecule has 0 spiro atoms. The zero-order valence-electron chi connectivity index (χ0n) is 17.0. The van der Waals surface area contributed by atoms with E-state index in [0.29, 0.717) is 6.54 Å². The van der Waals surface area contributed by atoms with E-state index in [9.17, 15) is 4.79 Å². The Kier molecular flexibility index (Phi) is 4.72. The molecule has 1 unspecified atom stereocenters. The Bertz CT molecular complexity index is 1220. The highest BCUT2D eigenvalue weighted by Crippen LogP contribution is 2.38. The van der Waals surface area contributed by atoms with Gasteiger partial charge in [-0.05, 0) is 42.2 Å². The summed E-state index contributed by atoms with van der Waals surface area (Å²) in [5, 5.41) is 1.26. The number of para-hydroxylation sites is 1. The number of aromatic nitrogens is 1. The van der Waals surface area contributed by atoms with E-state index in [1.807, 2.05) is 41.3 Å². The Hall–Kier alpha value is -3.59. The number of carbonyl (C=O) groups is 1. The average molecular weight is 393 g/mol. The molecule has 1 amide bonds. The lowest BCUT2D eigenvalue weighted by atomic mass is 9.92. The minimum Gasteiger partial charge on any atom is -0.356 e. The fourth-order valence-electron chi connectivity index (χ4n) is 4.40. The first-order chi connectivity index (χ1) is 14.7. The lowest BCUT2D eigenvalue weighted by Gasteiger charge is -2.35. The van der Waals surface area contributed by atoms with Crippen LogP contribution in [0.1, 0.15) is 34.0 Å². The highest BCUT2D eigenvalue weighted by atomic mass is 16.2. The molecule has 1 aliphatic heterocycles. The second kappa shape index (κ2) is 7.68. The van der Waals surface area contributed by atoms with E-state index in [0.717, 1.165) is 28.8 Å². The summed E-state index contributed by atoms with van der Waals surface area (Å²) in [5.41, 5.74) is 6.97. The molecule has 2 heterocycles. The largest absolute Gasteiger partial charge is 0.356 e. The third-order valence-electron chi connectivity index (χ3n) is 5.93. The van der Waals surface area contributed by atoms with Crippen molar-refractivity contribution in [1.82, 2.24) is 9.88 Å². The maximum absolute atomic E-state index is 13.3. The van der Waals surface area contributed by atoms with Crippen molar-refractivity contribution >= 4 is 22.9 Å². The topological polar surface area (TPSA) is 36.1 Å². The van der Waals surface area contributed by atoms with Gasteiger partial charge in [-0.2, -0.15) is 0 Å². The van der Waals surface area contributed by atoms with Crippen molar-refractivity contribution < 1.29 is 4.79 Å². The van der Waals surface area contributed by atoms with Gasteiger partial charge in [0, 0.05) is 29.2 Å². The van der Waals surface area contributed by atoms with Crippen LogP contribution in [0, 0.1) is 6.92 Å². The average Bonchev–Trinajstić information content (AvgIpc) is 3.17. The van der Waals surface area contributed by atoms with Gasteiger partial charge in [0.2, 0.25) is 5.91 Å². The fourth-order valence-corrected chi connectivity index (χ4v) is 4.40. The molecule has 3 aromatic carbocycles. The number of hydrogen-bond acceptors (Lipinski definition) is 1. The van der Waals surface area contributed by atoms with Crippen LogP contribution in [-0.2, 0) is 11.2 Å². The minimum absolute atomic E-state index is 0.0359. The number of hydrogen-bond donors (Lipinski definition) is 1. The second-order valence-electron chi connectivity index (χ2n) is 7.90. The number of carbonyl (C=O) groups excluding carboxylic acids is 1. The molecule has 0 saturated heterocycles. The molecule has 3 heteroatoms. The smallest absolute Gasteiger partial charge is 0.247 e. The summed E-state index contributed by atoms with van der Waals surface area (Å²) in [6, 6.07) is 26.8. The summed E-state index contributed by atoms with van der Waals surface area (Å²) in [6.07, 6.45) is 4.45. The van der Waals surface area contributed by atoms with Gasteiger partial charge in [0.1, 0.15) is 0 Å². The Morgan fingerprint density at radius 1 is 0.967 bits per heavy atom. The van der Waals surface area contributed by atoms with E-state index in [1.54, 1.807) is 6.08 Å². The molecule has 1 N–H and O–H groups in total. The van der Waals surface area contributed by atoms with E-state index in [1.165, 1.54) is 16.5 Å². The van der Waals surface area contributed by atoms with Gasteiger partial charge < -0.3 is 9.88 Å². The van der Waals surface area contributed by atoms with E-state index in [2.05, 4.69) is 60.4 Å². The van der Waals surface area contributed by atoms with Crippen LogP contribution in [0.5, 0.6) is 0 Å². The molecule has 5 rings (SSSR count). The Morgan fingerprint density at radius 3 is 2.50 bits per heavy atom. The molecule has 0 fully saturated rings. The van der Waals surface area contributed by atoms with Crippen molar-refractivity contribution in [3.63, 3.8) is 0 Å². The molecule has 0 aliphatic carbocycles. The van der Waals surface area contributed by atoms with Crippen molar-refractivity contribution in [3.05, 3.63) is 113 Å². The van der Waals surface area contributed by atoms with Crippen LogP contribution in [0.4, 0.5) is 0 Å². The highest BCUT2D eigenvalue weighted by Gasteiger charge is 2.33. The van der Waals surface area contributed by atoms with Gasteiger partial charge in [-0.15, -0.1) is 0 Å². The van der Waals surface area contributed by atoms with Gasteiger partial charge in [0.05, 0.1) is 6.04 Å². The molecular weight excluding hydrogens is 368 g/mol. The van der Waals surface area contributed by atoms with Gasteiger partial charge in [0.25, 0.3) is 0 Å². The van der Waals surface area contributed by atoms with Gasteiger partial charge in [-0.1, -0.05) is 78.4 Å². The lowest BCUT2D eigenvalue weighted by Crippen LogP contribution is -2.39. The van der Waals surface area contributed by atoms with Gasteiger partial charge in [-0.3, -0.25) is 4.79 Å². The number of rotatable bonds is 3. The number of benzene rings is 3. The molecule has 148 valence electrons. The van der Waals surface area contributed by atoms with Gasteiger partial charge in [-0.25, -0.2) is 0 Å². The molecule has 0 saturated carbocycles. The minimum atomic E-state index is -0.116. The van der Waals surface area contributed by atoms with E-state index in [-0.39, 0.29) is 11.9 Å². The summed E-state index contributed by atoms with van der Waals surface area (Å²) < 4.78 is 0. The van der Waals surface area contributed by atoms with E-state index >= 15 is 0 Å². The van der Waals surface area contributed by atoms with Crippen molar-refractivity contribution in [1.29, 1.82) is 0 Å². The fraction of sp³-hybridized carbons (Fsp3) is 0.148. The highest BCUT2D eigenvalue weighted by molar-refractivity contribution is 5.93. The van der Waals surface area contributed by atoms with Gasteiger partial charge in [0.15, 0.2) is 0 Å². The SMILES string of the molecule is Cc1ccc(C2c3[nH]c4ccccc4c3CCN2C(=O)/C=C/c2ccccc2)cc1. The summed E-state index contributed by atoms with van der Waals surface area (Å²) in [6.45, 7) is 2.79. The summed E-state index contributed by atoms with van der Waals surface area (Å²) in [7, 11) is 0. The van der Waals surface area contributed by atoms with Gasteiger partial charge >= 0.3 is 0 Å². The number of nitrogens with zero attached hydrogens (tertiary/aromatic N) is 1. The molecule has 1 atom stereocenters. The van der Waals surface area contributed by atoms with Crippen molar-refractivity contribution in [2.24, 2.45) is 0 Å². The third kappa shape index (κ3) is 3.33. The van der Waals surface area contributed by atoms with Crippen LogP contribution in [-0.4, -0.2) is 22.3 Å². The predicted molar refractivity (Wildman–Crippen MR) is 122 cm³/mol. The number of H-pyrrole nitrogens is 1. The first kappa shape index (κ1) is 18.4. The monoisotopic (exact) mass is 392 g/mol. The molecule has 4 aromatic rings. The Balaban J connectivity index is 1.57. The maximum atomic E-state index is 13.3. The molecular formula is C27H24N2O. The molecule has 1 aliphatic rings. The van der Waals surface area contributed by atoms with Crippen molar-refractivity contribution in [2.45, 2.75) is 19.4 Å². The Morgan fingerprint density at radius 2 is 1.70 bits per heavy atom. The number of amides is 1. The first-order valence-corrected chi connectivity index (χ1v) is 10.4. The zero-order valence-corrected chi connectivity index (χ0v) is 17.0. The molecule has 3 nitrogen and oxygen atoms in total. The normalized spacial score (nSPS) is 16.2. The van der Waals surface area contributed by atoms with Crippen LogP contribution in [0.3, 0.4) is 0 Å². The summed E-state index contributed by atoms with van der Waals surface area (Å²) >= 11 is 0. The molecule has 30 heavy (non-hydrogen) atoms. The summed E-state index contributed by atoms with van der Waals surface area (Å²) in [5.74, 6) is 0.0359. The molecule has 0 radical (unpaired) electrons. The van der Waals surface area contributed by atoms with Crippen LogP contribution in [0.25, 0.3) is 17.0 Å². The van der Waals surface area contributed by atoms with Crippen molar-refractivity contribution in [2.75, 3.05) is 6.54 Å². The maximum Gasteiger partial charge on any atom is 0.247 e. The molecule has 1 aromatic heterocycles. The van der Waals surface area contributed by atoms with E-state index in [4.69, 9.17) is 0 Å². The standard InChI is InChI=1S/C27H24N2O/c1-19-11-14-21(15-12-19)27-26-23(22-9-5-6-10-24(22)28-26)17-18-29(27)25(30)16-13-20-7-3-2-4-8-20/h2-16,27-28H,17-18H2,1H3/b16-13+. The van der Waals surface area contributed by atoms with Crippen LogP contribution in [0.2, 0.25) is 0 Å². The number of fused-ring (bicyclic) bond motifs is 3. The third-order valence-corrected chi connectivity index (χ3v) is 5.93. The predicted octanol–water partition coefficient (Wildman–Crippen LogP) is 5.66. The van der Waals surface area contributed by atoms with Crippen molar-refractivity contribution in [3.8, 4) is 0 Å². The van der Waals surface area contributed by atoms with Crippen LogP contribution < -0.4 is 0 Å². The lowest BCUT2D eigenvalue weighted by molar-refractivity contribution is -0.128. The number of nitrogens with one attached hydrogen (secondary N) is 1. The van der Waals surface area contributed by atoms with Crippen LogP contribution in [0.15, 0.2) is 84.9 Å². The van der Waals surface area contributed by atoms with Crippen LogP contribution >= 0.6 is 0 Å². The number of aromatic amines is 1.